The van der Waals surface area contributed by atoms with E-state index in [-0.39, 0.29) is 19.7 Å². The third-order valence-electron chi connectivity index (χ3n) is 3.87. The van der Waals surface area contributed by atoms with Crippen molar-refractivity contribution in [2.24, 2.45) is 0 Å². The largest absolute Gasteiger partial charge is 0.479 e. The van der Waals surface area contributed by atoms with Crippen molar-refractivity contribution in [1.82, 2.24) is 10.2 Å². The molecule has 1 heterocycles. The Morgan fingerprint density at radius 2 is 1.88 bits per heavy atom. The van der Waals surface area contributed by atoms with E-state index in [0.717, 1.165) is 4.90 Å². The summed E-state index contributed by atoms with van der Waals surface area (Å²) in [6.45, 7) is 5.03. The van der Waals surface area contributed by atoms with Crippen LogP contribution in [-0.4, -0.2) is 58.8 Å². The molecule has 0 spiro atoms. The molecule has 1 aromatic rings. The number of carboxylic acids is 1. The lowest BCUT2D eigenvalue weighted by molar-refractivity contribution is -0.173. The Morgan fingerprint density at radius 3 is 2.46 bits per heavy atom. The number of carboxylic acid groups (broad SMARTS) is 1. The highest BCUT2D eigenvalue weighted by Gasteiger charge is 2.57. The fourth-order valence-corrected chi connectivity index (χ4v) is 2.61. The fourth-order valence-electron chi connectivity index (χ4n) is 2.61. The van der Waals surface area contributed by atoms with Crippen LogP contribution in [-0.2, 0) is 25.7 Å². The number of esters is 1. The van der Waals surface area contributed by atoms with Gasteiger partial charge in [-0.3, -0.25) is 4.90 Å². The predicted octanol–water partition coefficient (Wildman–Crippen LogP) is 1.39. The van der Waals surface area contributed by atoms with E-state index in [1.807, 2.05) is 6.07 Å². The van der Waals surface area contributed by atoms with Gasteiger partial charge < -0.3 is 19.9 Å². The van der Waals surface area contributed by atoms with Gasteiger partial charge in [0, 0.05) is 19.6 Å². The number of piperazine rings is 1. The van der Waals surface area contributed by atoms with Gasteiger partial charge in [0.25, 0.3) is 5.54 Å². The van der Waals surface area contributed by atoms with Gasteiger partial charge in [0.2, 0.25) is 0 Å². The second kappa shape index (κ2) is 7.74. The Labute approximate surface area is 152 Å². The summed E-state index contributed by atoms with van der Waals surface area (Å²) in [7, 11) is 0. The monoisotopic (exact) mass is 364 g/mol. The predicted molar refractivity (Wildman–Crippen MR) is 92.4 cm³/mol. The van der Waals surface area contributed by atoms with E-state index in [1.165, 1.54) is 0 Å². The molecule has 8 heteroatoms. The molecule has 0 bridgehead atoms. The molecule has 8 nitrogen and oxygen atoms in total. The molecule has 1 fully saturated rings. The molecule has 0 aliphatic carbocycles. The molecule has 1 unspecified atom stereocenters. The molecule has 2 N–H and O–H groups in total. The molecule has 1 amide bonds. The van der Waals surface area contributed by atoms with Crippen LogP contribution in [0.5, 0.6) is 0 Å². The number of carbonyl (C=O) groups excluding carboxylic acids is 2. The van der Waals surface area contributed by atoms with E-state index < -0.39 is 29.2 Å². The van der Waals surface area contributed by atoms with Crippen LogP contribution in [0, 0.1) is 0 Å². The Kier molecular flexibility index (Phi) is 5.86. The first-order valence-electron chi connectivity index (χ1n) is 8.33. The van der Waals surface area contributed by atoms with Crippen molar-refractivity contribution in [1.29, 1.82) is 0 Å². The van der Waals surface area contributed by atoms with Crippen molar-refractivity contribution >= 4 is 18.0 Å². The van der Waals surface area contributed by atoms with Crippen molar-refractivity contribution in [3.05, 3.63) is 35.9 Å². The molecule has 1 aliphatic rings. The number of amides is 1. The summed E-state index contributed by atoms with van der Waals surface area (Å²) < 4.78 is 10.5. The zero-order chi connectivity index (χ0) is 19.4. The SMILES string of the molecule is CC(C)(C)OC(=O)N1CCNCC1(C(=O)O)C(=O)OCc1ccccc1. The van der Waals surface area contributed by atoms with E-state index in [4.69, 9.17) is 9.47 Å². The number of nitrogens with one attached hydrogen (secondary N) is 1. The average Bonchev–Trinajstić information content (AvgIpc) is 2.58. The summed E-state index contributed by atoms with van der Waals surface area (Å²) in [5.74, 6) is -2.47. The van der Waals surface area contributed by atoms with Gasteiger partial charge in [-0.05, 0) is 26.3 Å². The van der Waals surface area contributed by atoms with Gasteiger partial charge in [-0.2, -0.15) is 0 Å². The van der Waals surface area contributed by atoms with E-state index >= 15 is 0 Å². The molecule has 0 saturated carbocycles. The van der Waals surface area contributed by atoms with Crippen LogP contribution < -0.4 is 5.32 Å². The van der Waals surface area contributed by atoms with Gasteiger partial charge >= 0.3 is 18.0 Å². The number of rotatable bonds is 4. The first-order valence-corrected chi connectivity index (χ1v) is 8.33. The summed E-state index contributed by atoms with van der Waals surface area (Å²) in [5.41, 5.74) is -2.27. The minimum atomic E-state index is -2.17. The van der Waals surface area contributed by atoms with Crippen molar-refractivity contribution in [2.75, 3.05) is 19.6 Å². The van der Waals surface area contributed by atoms with Gasteiger partial charge in [-0.1, -0.05) is 30.3 Å². The first-order chi connectivity index (χ1) is 12.2. The van der Waals surface area contributed by atoms with Crippen molar-refractivity contribution in [3.63, 3.8) is 0 Å². The number of carbonyl (C=O) groups is 3. The van der Waals surface area contributed by atoms with E-state index in [1.54, 1.807) is 45.0 Å². The zero-order valence-corrected chi connectivity index (χ0v) is 15.2. The Balaban J connectivity index is 2.24. The van der Waals surface area contributed by atoms with Crippen LogP contribution in [0.25, 0.3) is 0 Å². The third-order valence-corrected chi connectivity index (χ3v) is 3.87. The van der Waals surface area contributed by atoms with Crippen LogP contribution in [0.15, 0.2) is 30.3 Å². The smallest absolute Gasteiger partial charge is 0.411 e. The van der Waals surface area contributed by atoms with Gasteiger partial charge in [0.1, 0.15) is 12.2 Å². The average molecular weight is 364 g/mol. The highest BCUT2D eigenvalue weighted by Crippen LogP contribution is 2.24. The lowest BCUT2D eigenvalue weighted by Gasteiger charge is -2.42. The zero-order valence-electron chi connectivity index (χ0n) is 15.2. The maximum Gasteiger partial charge on any atom is 0.411 e. The van der Waals surface area contributed by atoms with Gasteiger partial charge in [0.15, 0.2) is 0 Å². The Hall–Kier alpha value is -2.61. The molecular weight excluding hydrogens is 340 g/mol. The van der Waals surface area contributed by atoms with E-state index in [2.05, 4.69) is 5.32 Å². The second-order valence-electron chi connectivity index (χ2n) is 7.04. The third kappa shape index (κ3) is 4.32. The highest BCUT2D eigenvalue weighted by atomic mass is 16.6. The van der Waals surface area contributed by atoms with Crippen molar-refractivity contribution < 1.29 is 29.0 Å². The molecular formula is C18H24N2O6. The minimum Gasteiger partial charge on any atom is -0.479 e. The minimum absolute atomic E-state index is 0.0155. The lowest BCUT2D eigenvalue weighted by atomic mass is 9.95. The topological polar surface area (TPSA) is 105 Å². The van der Waals surface area contributed by atoms with Crippen LogP contribution in [0.3, 0.4) is 0 Å². The fraction of sp³-hybridized carbons (Fsp3) is 0.500. The summed E-state index contributed by atoms with van der Waals surface area (Å²) in [6.07, 6.45) is -0.863. The number of aliphatic carboxylic acids is 1. The maximum atomic E-state index is 12.7. The molecule has 2 rings (SSSR count). The number of benzene rings is 1. The van der Waals surface area contributed by atoms with Gasteiger partial charge in [-0.15, -0.1) is 0 Å². The molecule has 0 radical (unpaired) electrons. The molecule has 1 atom stereocenters. The number of hydrogen-bond acceptors (Lipinski definition) is 6. The standard InChI is InChI=1S/C18H24N2O6/c1-17(2,3)26-16(24)20-10-9-19-12-18(20,14(21)22)15(23)25-11-13-7-5-4-6-8-13/h4-8,19H,9-12H2,1-3H3,(H,21,22). The molecule has 1 aliphatic heterocycles. The number of ether oxygens (including phenoxy) is 2. The maximum absolute atomic E-state index is 12.7. The number of nitrogens with zero attached hydrogens (tertiary/aromatic N) is 1. The summed E-state index contributed by atoms with van der Waals surface area (Å²) >= 11 is 0. The van der Waals surface area contributed by atoms with Crippen LogP contribution >= 0.6 is 0 Å². The van der Waals surface area contributed by atoms with Gasteiger partial charge in [0.05, 0.1) is 0 Å². The molecule has 1 saturated heterocycles. The van der Waals surface area contributed by atoms with Crippen molar-refractivity contribution in [3.8, 4) is 0 Å². The first kappa shape index (κ1) is 19.7. The van der Waals surface area contributed by atoms with E-state index in [0.29, 0.717) is 12.1 Å². The lowest BCUT2D eigenvalue weighted by Crippen LogP contribution is -2.71. The molecule has 142 valence electrons. The van der Waals surface area contributed by atoms with Crippen LogP contribution in [0.2, 0.25) is 0 Å². The summed E-state index contributed by atoms with van der Waals surface area (Å²) in [6, 6.07) is 8.90. The normalized spacial score (nSPS) is 20.3. The number of hydrogen-bond donors (Lipinski definition) is 2. The van der Waals surface area contributed by atoms with E-state index in [9.17, 15) is 19.5 Å². The second-order valence-corrected chi connectivity index (χ2v) is 7.04. The molecule has 0 aromatic heterocycles. The highest BCUT2D eigenvalue weighted by molar-refractivity contribution is 6.07. The summed E-state index contributed by atoms with van der Waals surface area (Å²) in [5, 5.41) is 12.6. The molecule has 26 heavy (non-hydrogen) atoms. The summed E-state index contributed by atoms with van der Waals surface area (Å²) in [4.78, 5) is 38.2. The van der Waals surface area contributed by atoms with Crippen molar-refractivity contribution in [2.45, 2.75) is 38.5 Å². The van der Waals surface area contributed by atoms with Crippen LogP contribution in [0.1, 0.15) is 26.3 Å². The Morgan fingerprint density at radius 1 is 1.23 bits per heavy atom. The van der Waals surface area contributed by atoms with Gasteiger partial charge in [-0.25, -0.2) is 14.4 Å². The Bertz CT molecular complexity index is 670. The quantitative estimate of drug-likeness (QED) is 0.614. The molecule has 1 aromatic carbocycles. The van der Waals surface area contributed by atoms with Crippen LogP contribution in [0.4, 0.5) is 4.79 Å².